The fraction of sp³-hybridized carbons (Fsp3) is 0.200. The van der Waals surface area contributed by atoms with Crippen LogP contribution in [-0.4, -0.2) is 18.4 Å². The second kappa shape index (κ2) is 4.89. The standard InChI is InChI=1S/C10H8ClFO3/c1-6(13)15-5-10(14)7-2-8(11)4-9(12)3-7/h2-4H,5H2,1H3. The van der Waals surface area contributed by atoms with Gasteiger partial charge in [0.25, 0.3) is 0 Å². The fourth-order valence-corrected chi connectivity index (χ4v) is 1.19. The van der Waals surface area contributed by atoms with Crippen molar-refractivity contribution in [3.8, 4) is 0 Å². The summed E-state index contributed by atoms with van der Waals surface area (Å²) >= 11 is 5.56. The van der Waals surface area contributed by atoms with E-state index in [1.165, 1.54) is 13.0 Å². The van der Waals surface area contributed by atoms with Gasteiger partial charge < -0.3 is 4.74 Å². The molecule has 0 unspecified atom stereocenters. The number of benzene rings is 1. The topological polar surface area (TPSA) is 43.4 Å². The van der Waals surface area contributed by atoms with Crippen LogP contribution in [-0.2, 0) is 9.53 Å². The average Bonchev–Trinajstić information content (AvgIpc) is 2.12. The number of carbonyl (C=O) groups excluding carboxylic acids is 2. The van der Waals surface area contributed by atoms with Crippen LogP contribution in [0.4, 0.5) is 4.39 Å². The summed E-state index contributed by atoms with van der Waals surface area (Å²) in [6.45, 7) is 0.779. The lowest BCUT2D eigenvalue weighted by Crippen LogP contribution is -2.12. The molecule has 0 saturated carbocycles. The second-order valence-electron chi connectivity index (χ2n) is 2.86. The summed E-state index contributed by atoms with van der Waals surface area (Å²) in [5.74, 6) is -1.66. The van der Waals surface area contributed by atoms with Crippen molar-refractivity contribution in [2.45, 2.75) is 6.92 Å². The van der Waals surface area contributed by atoms with E-state index < -0.39 is 24.2 Å². The maximum absolute atomic E-state index is 12.8. The number of Topliss-reactive ketones (excluding diaryl/α,β-unsaturated/α-hetero) is 1. The van der Waals surface area contributed by atoms with Crippen molar-refractivity contribution in [2.24, 2.45) is 0 Å². The first-order chi connectivity index (χ1) is 6.99. The molecule has 0 saturated heterocycles. The number of esters is 1. The van der Waals surface area contributed by atoms with Gasteiger partial charge in [0.15, 0.2) is 12.4 Å². The summed E-state index contributed by atoms with van der Waals surface area (Å²) in [6.07, 6.45) is 0. The Morgan fingerprint density at radius 1 is 1.40 bits per heavy atom. The molecule has 0 aliphatic carbocycles. The maximum atomic E-state index is 12.8. The Morgan fingerprint density at radius 2 is 2.07 bits per heavy atom. The molecule has 0 amide bonds. The molecule has 0 fully saturated rings. The lowest BCUT2D eigenvalue weighted by atomic mass is 10.1. The number of carbonyl (C=O) groups is 2. The van der Waals surface area contributed by atoms with Crippen LogP contribution >= 0.6 is 11.6 Å². The number of halogens is 2. The quantitative estimate of drug-likeness (QED) is 0.591. The summed E-state index contributed by atoms with van der Waals surface area (Å²) in [6, 6.07) is 3.44. The summed E-state index contributed by atoms with van der Waals surface area (Å²) in [5, 5.41) is 0.126. The molecule has 0 aliphatic heterocycles. The van der Waals surface area contributed by atoms with Gasteiger partial charge in [0.1, 0.15) is 5.82 Å². The van der Waals surface area contributed by atoms with Crippen LogP contribution < -0.4 is 0 Å². The van der Waals surface area contributed by atoms with E-state index in [2.05, 4.69) is 4.74 Å². The van der Waals surface area contributed by atoms with E-state index in [1.54, 1.807) is 0 Å². The molecular formula is C10H8ClFO3. The van der Waals surface area contributed by atoms with E-state index in [4.69, 9.17) is 11.6 Å². The molecule has 0 N–H and O–H groups in total. The predicted octanol–water partition coefficient (Wildman–Crippen LogP) is 2.22. The summed E-state index contributed by atoms with van der Waals surface area (Å²) < 4.78 is 17.3. The Bertz CT molecular complexity index is 383. The van der Waals surface area contributed by atoms with Crippen LogP contribution in [0.15, 0.2) is 18.2 Å². The number of ketones is 1. The number of ether oxygens (including phenoxy) is 1. The van der Waals surface area contributed by atoms with Crippen LogP contribution in [0.25, 0.3) is 0 Å². The molecule has 15 heavy (non-hydrogen) atoms. The normalized spacial score (nSPS) is 9.80. The Balaban J connectivity index is 2.77. The zero-order valence-electron chi connectivity index (χ0n) is 7.92. The van der Waals surface area contributed by atoms with E-state index in [0.29, 0.717) is 0 Å². The first-order valence-corrected chi connectivity index (χ1v) is 4.49. The SMILES string of the molecule is CC(=O)OCC(=O)c1cc(F)cc(Cl)c1. The van der Waals surface area contributed by atoms with Crippen molar-refractivity contribution >= 4 is 23.4 Å². The van der Waals surface area contributed by atoms with Crippen molar-refractivity contribution in [1.29, 1.82) is 0 Å². The van der Waals surface area contributed by atoms with Gasteiger partial charge in [-0.05, 0) is 18.2 Å². The number of hydrogen-bond donors (Lipinski definition) is 0. The van der Waals surface area contributed by atoms with Gasteiger partial charge in [-0.25, -0.2) is 4.39 Å². The van der Waals surface area contributed by atoms with Gasteiger partial charge in [0.2, 0.25) is 0 Å². The molecule has 1 rings (SSSR count). The molecule has 0 bridgehead atoms. The van der Waals surface area contributed by atoms with Crippen molar-refractivity contribution in [3.63, 3.8) is 0 Å². The molecule has 0 spiro atoms. The molecule has 3 nitrogen and oxygen atoms in total. The van der Waals surface area contributed by atoms with E-state index in [0.717, 1.165) is 12.1 Å². The van der Waals surface area contributed by atoms with E-state index in [9.17, 15) is 14.0 Å². The average molecular weight is 231 g/mol. The highest BCUT2D eigenvalue weighted by molar-refractivity contribution is 6.31. The highest BCUT2D eigenvalue weighted by atomic mass is 35.5. The Morgan fingerprint density at radius 3 is 2.60 bits per heavy atom. The lowest BCUT2D eigenvalue weighted by molar-refractivity contribution is -0.139. The van der Waals surface area contributed by atoms with Gasteiger partial charge in [-0.3, -0.25) is 9.59 Å². The molecule has 0 heterocycles. The third kappa shape index (κ3) is 3.67. The first-order valence-electron chi connectivity index (χ1n) is 4.11. The molecule has 0 aliphatic rings. The van der Waals surface area contributed by atoms with Gasteiger partial charge in [-0.15, -0.1) is 0 Å². The zero-order chi connectivity index (χ0) is 11.4. The van der Waals surface area contributed by atoms with Crippen molar-refractivity contribution in [3.05, 3.63) is 34.6 Å². The van der Waals surface area contributed by atoms with Crippen LogP contribution in [0.5, 0.6) is 0 Å². The fourth-order valence-electron chi connectivity index (χ4n) is 0.965. The molecule has 1 aromatic rings. The highest BCUT2D eigenvalue weighted by Crippen LogP contribution is 2.14. The van der Waals surface area contributed by atoms with Crippen molar-refractivity contribution < 1.29 is 18.7 Å². The Labute approximate surface area is 90.8 Å². The van der Waals surface area contributed by atoms with Gasteiger partial charge in [-0.1, -0.05) is 11.6 Å². The molecule has 0 radical (unpaired) electrons. The van der Waals surface area contributed by atoms with Crippen molar-refractivity contribution in [2.75, 3.05) is 6.61 Å². The van der Waals surface area contributed by atoms with Gasteiger partial charge in [0.05, 0.1) is 0 Å². The second-order valence-corrected chi connectivity index (χ2v) is 3.30. The molecule has 80 valence electrons. The van der Waals surface area contributed by atoms with Crippen LogP contribution in [0.3, 0.4) is 0 Å². The minimum atomic E-state index is -0.603. The minimum absolute atomic E-state index is 0.0845. The Kier molecular flexibility index (Phi) is 3.80. The molecule has 5 heteroatoms. The molecule has 0 aromatic heterocycles. The van der Waals surface area contributed by atoms with Crippen LogP contribution in [0.1, 0.15) is 17.3 Å². The maximum Gasteiger partial charge on any atom is 0.303 e. The number of rotatable bonds is 3. The molecular weight excluding hydrogens is 223 g/mol. The molecule has 1 aromatic carbocycles. The third-order valence-corrected chi connectivity index (χ3v) is 1.81. The monoisotopic (exact) mass is 230 g/mol. The summed E-state index contributed by atoms with van der Waals surface area (Å²) in [7, 11) is 0. The predicted molar refractivity (Wildman–Crippen MR) is 52.4 cm³/mol. The van der Waals surface area contributed by atoms with Gasteiger partial charge >= 0.3 is 5.97 Å². The third-order valence-electron chi connectivity index (χ3n) is 1.59. The van der Waals surface area contributed by atoms with Gasteiger partial charge in [-0.2, -0.15) is 0 Å². The van der Waals surface area contributed by atoms with Crippen molar-refractivity contribution in [1.82, 2.24) is 0 Å². The van der Waals surface area contributed by atoms with Crippen LogP contribution in [0.2, 0.25) is 5.02 Å². The first kappa shape index (κ1) is 11.7. The van der Waals surface area contributed by atoms with E-state index in [-0.39, 0.29) is 10.6 Å². The zero-order valence-corrected chi connectivity index (χ0v) is 8.68. The molecule has 0 atom stereocenters. The minimum Gasteiger partial charge on any atom is -0.457 e. The van der Waals surface area contributed by atoms with Crippen LogP contribution in [0, 0.1) is 5.82 Å². The summed E-state index contributed by atoms with van der Waals surface area (Å²) in [5.41, 5.74) is 0.0845. The van der Waals surface area contributed by atoms with E-state index in [1.807, 2.05) is 0 Å². The number of hydrogen-bond acceptors (Lipinski definition) is 3. The smallest absolute Gasteiger partial charge is 0.303 e. The largest absolute Gasteiger partial charge is 0.457 e. The summed E-state index contributed by atoms with van der Waals surface area (Å²) in [4.78, 5) is 21.8. The highest BCUT2D eigenvalue weighted by Gasteiger charge is 2.09. The Hall–Kier alpha value is -1.42. The van der Waals surface area contributed by atoms with Gasteiger partial charge in [0, 0.05) is 17.5 Å². The lowest BCUT2D eigenvalue weighted by Gasteiger charge is -2.02. The van der Waals surface area contributed by atoms with E-state index >= 15 is 0 Å².